The molecule has 1 saturated carbocycles. The van der Waals surface area contributed by atoms with Crippen LogP contribution in [0.15, 0.2) is 24.3 Å². The fourth-order valence-corrected chi connectivity index (χ4v) is 4.52. The standard InChI is InChI=1S/C14H15NO5S/c1-18-10-7-5-9(6-8-10)15-11-3-2-4-12-14(11,13(15)16)20-21(17)19-12/h5-8,11-12H,2-4H2,1H3/t11-,12-,14+,21-/m0/s1. The number of hydrogen-bond acceptors (Lipinski definition) is 5. The summed E-state index contributed by atoms with van der Waals surface area (Å²) in [5.74, 6) is 0.581. The summed E-state index contributed by atoms with van der Waals surface area (Å²) in [7, 11) is 1.60. The highest BCUT2D eigenvalue weighted by molar-refractivity contribution is 7.75. The number of nitrogens with zero attached hydrogens (tertiary/aromatic N) is 1. The van der Waals surface area contributed by atoms with Gasteiger partial charge in [-0.15, -0.1) is 0 Å². The highest BCUT2D eigenvalue weighted by atomic mass is 32.2. The summed E-state index contributed by atoms with van der Waals surface area (Å²) in [5, 5.41) is 0. The molecule has 2 saturated heterocycles. The molecule has 2 heterocycles. The minimum Gasteiger partial charge on any atom is -0.497 e. The minimum absolute atomic E-state index is 0.108. The summed E-state index contributed by atoms with van der Waals surface area (Å²) >= 11 is -1.82. The molecular formula is C14H15NO5S. The van der Waals surface area contributed by atoms with Crippen LogP contribution in [0.1, 0.15) is 19.3 Å². The zero-order valence-corrected chi connectivity index (χ0v) is 12.3. The molecule has 1 amide bonds. The molecule has 1 aromatic carbocycles. The third-order valence-corrected chi connectivity index (χ3v) is 5.33. The number of methoxy groups -OCH3 is 1. The van der Waals surface area contributed by atoms with E-state index in [2.05, 4.69) is 0 Å². The van der Waals surface area contributed by atoms with E-state index in [1.807, 2.05) is 24.3 Å². The lowest BCUT2D eigenvalue weighted by Crippen LogP contribution is -2.79. The quantitative estimate of drug-likeness (QED) is 0.771. The van der Waals surface area contributed by atoms with Gasteiger partial charge in [-0.05, 0) is 43.5 Å². The monoisotopic (exact) mass is 309 g/mol. The van der Waals surface area contributed by atoms with Gasteiger partial charge in [0.15, 0.2) is 0 Å². The van der Waals surface area contributed by atoms with Crippen molar-refractivity contribution in [2.24, 2.45) is 0 Å². The van der Waals surface area contributed by atoms with Crippen molar-refractivity contribution in [3.8, 4) is 5.75 Å². The van der Waals surface area contributed by atoms with Gasteiger partial charge in [0.25, 0.3) is 5.91 Å². The van der Waals surface area contributed by atoms with Crippen LogP contribution in [0, 0.1) is 0 Å². The van der Waals surface area contributed by atoms with Gasteiger partial charge >= 0.3 is 11.4 Å². The molecule has 3 fully saturated rings. The summed E-state index contributed by atoms with van der Waals surface area (Å²) < 4.78 is 27.3. The van der Waals surface area contributed by atoms with E-state index >= 15 is 0 Å². The molecule has 0 bridgehead atoms. The van der Waals surface area contributed by atoms with E-state index < -0.39 is 17.0 Å². The van der Waals surface area contributed by atoms with Crippen molar-refractivity contribution < 1.29 is 22.1 Å². The Bertz CT molecular complexity index is 618. The molecule has 0 unspecified atom stereocenters. The number of β-lactam (4-membered cyclic amide) rings is 1. The van der Waals surface area contributed by atoms with E-state index in [0.29, 0.717) is 6.42 Å². The number of carbonyl (C=O) groups is 1. The first-order valence-electron chi connectivity index (χ1n) is 6.93. The van der Waals surface area contributed by atoms with Crippen LogP contribution in [0.5, 0.6) is 5.75 Å². The largest absolute Gasteiger partial charge is 0.497 e. The number of carbonyl (C=O) groups excluding carboxylic acids is 1. The Balaban J connectivity index is 1.67. The highest BCUT2D eigenvalue weighted by Gasteiger charge is 2.72. The van der Waals surface area contributed by atoms with Crippen LogP contribution in [0.2, 0.25) is 0 Å². The highest BCUT2D eigenvalue weighted by Crippen LogP contribution is 2.51. The lowest BCUT2D eigenvalue weighted by molar-refractivity contribution is -0.156. The van der Waals surface area contributed by atoms with Crippen LogP contribution >= 0.6 is 0 Å². The van der Waals surface area contributed by atoms with Crippen molar-refractivity contribution in [2.75, 3.05) is 12.0 Å². The fourth-order valence-electron chi connectivity index (χ4n) is 3.54. The molecular weight excluding hydrogens is 294 g/mol. The second-order valence-electron chi connectivity index (χ2n) is 5.49. The Hall–Kier alpha value is -1.44. The molecule has 2 aliphatic heterocycles. The second kappa shape index (κ2) is 4.53. The van der Waals surface area contributed by atoms with Crippen LogP contribution in [-0.2, 0) is 24.5 Å². The number of amides is 1. The number of ether oxygens (including phenoxy) is 1. The SMILES string of the molecule is COc1ccc(N2C(=O)[C@]34O[S@@](=O)O[C@H]3CCC[C@H]24)cc1. The molecule has 1 spiro atoms. The molecule has 0 radical (unpaired) electrons. The van der Waals surface area contributed by atoms with E-state index in [1.165, 1.54) is 0 Å². The van der Waals surface area contributed by atoms with Crippen molar-refractivity contribution in [2.45, 2.75) is 37.0 Å². The lowest BCUT2D eigenvalue weighted by atomic mass is 9.69. The van der Waals surface area contributed by atoms with E-state index in [-0.39, 0.29) is 18.1 Å². The molecule has 112 valence electrons. The van der Waals surface area contributed by atoms with Gasteiger partial charge in [0.2, 0.25) is 5.60 Å². The maximum absolute atomic E-state index is 12.7. The summed E-state index contributed by atoms with van der Waals surface area (Å²) in [5.41, 5.74) is -0.235. The summed E-state index contributed by atoms with van der Waals surface area (Å²) in [4.78, 5) is 14.4. The normalized spacial score (nSPS) is 37.7. The van der Waals surface area contributed by atoms with Crippen LogP contribution in [0.4, 0.5) is 5.69 Å². The van der Waals surface area contributed by atoms with Gasteiger partial charge in [-0.2, -0.15) is 4.21 Å². The van der Waals surface area contributed by atoms with Gasteiger partial charge in [0.1, 0.15) is 11.9 Å². The fraction of sp³-hybridized carbons (Fsp3) is 0.500. The first-order chi connectivity index (χ1) is 10.2. The molecule has 0 aromatic heterocycles. The van der Waals surface area contributed by atoms with Crippen molar-refractivity contribution in [1.82, 2.24) is 0 Å². The first kappa shape index (κ1) is 13.2. The average molecular weight is 309 g/mol. The molecule has 21 heavy (non-hydrogen) atoms. The number of hydrogen-bond donors (Lipinski definition) is 0. The third kappa shape index (κ3) is 1.65. The molecule has 3 aliphatic rings. The van der Waals surface area contributed by atoms with Crippen LogP contribution in [-0.4, -0.2) is 35.0 Å². The number of benzene rings is 1. The average Bonchev–Trinajstić information content (AvgIpc) is 2.87. The Kier molecular flexibility index (Phi) is 2.85. The van der Waals surface area contributed by atoms with E-state index in [0.717, 1.165) is 24.3 Å². The predicted molar refractivity (Wildman–Crippen MR) is 75.0 cm³/mol. The van der Waals surface area contributed by atoms with E-state index in [1.54, 1.807) is 12.0 Å². The molecule has 1 aliphatic carbocycles. The molecule has 4 rings (SSSR count). The molecule has 1 aromatic rings. The topological polar surface area (TPSA) is 65.1 Å². The molecule has 6 nitrogen and oxygen atoms in total. The summed E-state index contributed by atoms with van der Waals surface area (Å²) in [6.07, 6.45) is 2.08. The van der Waals surface area contributed by atoms with Gasteiger partial charge in [0, 0.05) is 5.69 Å². The van der Waals surface area contributed by atoms with E-state index in [9.17, 15) is 9.00 Å². The molecule has 7 heteroatoms. The van der Waals surface area contributed by atoms with Crippen molar-refractivity contribution >= 4 is 23.0 Å². The predicted octanol–water partition coefficient (Wildman–Crippen LogP) is 1.33. The lowest BCUT2D eigenvalue weighted by Gasteiger charge is -2.55. The van der Waals surface area contributed by atoms with Gasteiger partial charge in [-0.3, -0.25) is 8.98 Å². The number of rotatable bonds is 2. The van der Waals surface area contributed by atoms with Crippen LogP contribution < -0.4 is 9.64 Å². The smallest absolute Gasteiger partial charge is 0.306 e. The Morgan fingerprint density at radius 2 is 2.10 bits per heavy atom. The van der Waals surface area contributed by atoms with Crippen LogP contribution in [0.3, 0.4) is 0 Å². The van der Waals surface area contributed by atoms with Crippen molar-refractivity contribution in [3.05, 3.63) is 24.3 Å². The van der Waals surface area contributed by atoms with Crippen LogP contribution in [0.25, 0.3) is 0 Å². The van der Waals surface area contributed by atoms with Crippen molar-refractivity contribution in [3.63, 3.8) is 0 Å². The van der Waals surface area contributed by atoms with E-state index in [4.69, 9.17) is 13.1 Å². The molecule has 4 atom stereocenters. The summed E-state index contributed by atoms with van der Waals surface area (Å²) in [6.45, 7) is 0. The minimum atomic E-state index is -1.82. The number of anilines is 1. The Morgan fingerprint density at radius 3 is 2.81 bits per heavy atom. The Morgan fingerprint density at radius 1 is 1.33 bits per heavy atom. The molecule has 0 N–H and O–H groups in total. The van der Waals surface area contributed by atoms with Gasteiger partial charge < -0.3 is 9.64 Å². The Labute approximate surface area is 124 Å². The van der Waals surface area contributed by atoms with Gasteiger partial charge in [-0.25, -0.2) is 4.18 Å². The maximum Gasteiger partial charge on any atom is 0.306 e. The van der Waals surface area contributed by atoms with Gasteiger partial charge in [-0.1, -0.05) is 0 Å². The van der Waals surface area contributed by atoms with Gasteiger partial charge in [0.05, 0.1) is 13.2 Å². The van der Waals surface area contributed by atoms with Crippen molar-refractivity contribution in [1.29, 1.82) is 0 Å². The summed E-state index contributed by atoms with van der Waals surface area (Å²) in [6, 6.07) is 7.22. The first-order valence-corrected chi connectivity index (χ1v) is 7.93. The zero-order valence-electron chi connectivity index (χ0n) is 11.5. The third-order valence-electron chi connectivity index (χ3n) is 4.53. The maximum atomic E-state index is 12.7. The zero-order chi connectivity index (χ0) is 14.6. The second-order valence-corrected chi connectivity index (χ2v) is 6.25.